The molecule has 7 heteroatoms. The second-order valence-corrected chi connectivity index (χ2v) is 7.30. The fraction of sp³-hybridized carbons (Fsp3) is 0.167. The summed E-state index contributed by atoms with van der Waals surface area (Å²) in [7, 11) is 5.46. The van der Waals surface area contributed by atoms with Gasteiger partial charge in [-0.1, -0.05) is 30.3 Å². The monoisotopic (exact) mass is 417 g/mol. The highest BCUT2D eigenvalue weighted by molar-refractivity contribution is 5.81. The van der Waals surface area contributed by atoms with Crippen molar-refractivity contribution < 1.29 is 14.3 Å². The Balaban J connectivity index is 1.91. The number of anilines is 1. The third-order valence-corrected chi connectivity index (χ3v) is 4.90. The van der Waals surface area contributed by atoms with Gasteiger partial charge in [-0.15, -0.1) is 0 Å². The van der Waals surface area contributed by atoms with Crippen LogP contribution in [0.1, 0.15) is 5.76 Å². The molecule has 0 spiro atoms. The van der Waals surface area contributed by atoms with Gasteiger partial charge in [-0.3, -0.25) is 4.79 Å². The Morgan fingerprint density at radius 3 is 2.42 bits per heavy atom. The van der Waals surface area contributed by atoms with Crippen molar-refractivity contribution in [2.24, 2.45) is 0 Å². The molecule has 4 rings (SSSR count). The Morgan fingerprint density at radius 1 is 1.06 bits per heavy atom. The highest BCUT2D eigenvalue weighted by Crippen LogP contribution is 2.36. The zero-order chi connectivity index (χ0) is 22.0. The molecule has 0 saturated carbocycles. The van der Waals surface area contributed by atoms with Gasteiger partial charge < -0.3 is 24.1 Å². The molecule has 2 aromatic heterocycles. The maximum atomic E-state index is 12.3. The van der Waals surface area contributed by atoms with Gasteiger partial charge in [-0.05, 0) is 24.3 Å². The molecule has 0 bridgehead atoms. The van der Waals surface area contributed by atoms with Crippen LogP contribution < -0.4 is 10.3 Å². The van der Waals surface area contributed by atoms with E-state index in [1.807, 2.05) is 73.6 Å². The van der Waals surface area contributed by atoms with Gasteiger partial charge >= 0.3 is 0 Å². The van der Waals surface area contributed by atoms with Crippen LogP contribution in [-0.4, -0.2) is 36.3 Å². The molecule has 158 valence electrons. The van der Waals surface area contributed by atoms with Crippen molar-refractivity contribution in [2.45, 2.75) is 6.61 Å². The number of H-pyrrole nitrogens is 1. The van der Waals surface area contributed by atoms with Gasteiger partial charge in [-0.2, -0.15) is 0 Å². The Kier molecular flexibility index (Phi) is 5.60. The predicted molar refractivity (Wildman–Crippen MR) is 120 cm³/mol. The fourth-order valence-corrected chi connectivity index (χ4v) is 3.31. The first-order valence-corrected chi connectivity index (χ1v) is 9.76. The maximum Gasteiger partial charge on any atom is 0.227 e. The molecule has 0 unspecified atom stereocenters. The Bertz CT molecular complexity index is 1240. The van der Waals surface area contributed by atoms with Crippen molar-refractivity contribution >= 4 is 5.69 Å². The Hall–Kier alpha value is -3.84. The molecule has 0 aliphatic carbocycles. The maximum absolute atomic E-state index is 12.3. The van der Waals surface area contributed by atoms with Crippen LogP contribution in [0.2, 0.25) is 0 Å². The number of imidazole rings is 1. The molecule has 0 saturated heterocycles. The van der Waals surface area contributed by atoms with Crippen LogP contribution in [0.4, 0.5) is 5.69 Å². The summed E-state index contributed by atoms with van der Waals surface area (Å²) in [6.45, 7) is 0.107. The van der Waals surface area contributed by atoms with Crippen molar-refractivity contribution in [3.63, 3.8) is 0 Å². The first-order valence-electron chi connectivity index (χ1n) is 9.76. The highest BCUT2D eigenvalue weighted by Gasteiger charge is 2.22. The van der Waals surface area contributed by atoms with Crippen LogP contribution in [-0.2, 0) is 11.3 Å². The van der Waals surface area contributed by atoms with Crippen molar-refractivity contribution in [3.05, 3.63) is 76.6 Å². The summed E-state index contributed by atoms with van der Waals surface area (Å²) >= 11 is 0. The average Bonchev–Trinajstić information content (AvgIpc) is 3.22. The number of ether oxygens (including phenoxy) is 1. The molecule has 2 heterocycles. The highest BCUT2D eigenvalue weighted by atomic mass is 16.5. The van der Waals surface area contributed by atoms with Gasteiger partial charge in [0.2, 0.25) is 11.2 Å². The first-order chi connectivity index (χ1) is 15.0. The smallest absolute Gasteiger partial charge is 0.227 e. The molecule has 2 aromatic carbocycles. The van der Waals surface area contributed by atoms with E-state index in [4.69, 9.17) is 14.1 Å². The van der Waals surface area contributed by atoms with E-state index in [-0.39, 0.29) is 12.4 Å². The SMILES string of the molecule is COCc1cc(=O)c(O)c(-c2[nH]c(-c3ccc(N(C)C)cc3)nc2-c2ccccc2)o1. The summed E-state index contributed by atoms with van der Waals surface area (Å²) in [6, 6.07) is 18.7. The Morgan fingerprint density at radius 2 is 1.77 bits per heavy atom. The lowest BCUT2D eigenvalue weighted by molar-refractivity contribution is 0.162. The van der Waals surface area contributed by atoms with E-state index in [1.54, 1.807) is 0 Å². The van der Waals surface area contributed by atoms with Crippen LogP contribution in [0.3, 0.4) is 0 Å². The van der Waals surface area contributed by atoms with E-state index in [2.05, 4.69) is 4.98 Å². The molecule has 2 N–H and O–H groups in total. The van der Waals surface area contributed by atoms with E-state index >= 15 is 0 Å². The topological polar surface area (TPSA) is 91.6 Å². The molecule has 0 amide bonds. The van der Waals surface area contributed by atoms with Crippen molar-refractivity contribution in [1.29, 1.82) is 0 Å². The molecular weight excluding hydrogens is 394 g/mol. The average molecular weight is 417 g/mol. The summed E-state index contributed by atoms with van der Waals surface area (Å²) < 4.78 is 10.9. The molecule has 0 radical (unpaired) electrons. The van der Waals surface area contributed by atoms with E-state index < -0.39 is 11.2 Å². The van der Waals surface area contributed by atoms with Crippen LogP contribution in [0.15, 0.2) is 69.9 Å². The van der Waals surface area contributed by atoms with Gasteiger partial charge in [-0.25, -0.2) is 4.98 Å². The molecule has 4 aromatic rings. The minimum Gasteiger partial charge on any atom is -0.501 e. The zero-order valence-electron chi connectivity index (χ0n) is 17.5. The molecule has 0 aliphatic rings. The lowest BCUT2D eigenvalue weighted by atomic mass is 10.1. The van der Waals surface area contributed by atoms with Crippen molar-refractivity contribution in [2.75, 3.05) is 26.1 Å². The van der Waals surface area contributed by atoms with E-state index in [9.17, 15) is 9.90 Å². The minimum atomic E-state index is -0.543. The van der Waals surface area contributed by atoms with Crippen LogP contribution in [0.5, 0.6) is 5.75 Å². The van der Waals surface area contributed by atoms with Crippen LogP contribution in [0.25, 0.3) is 34.1 Å². The van der Waals surface area contributed by atoms with E-state index in [0.29, 0.717) is 23.0 Å². The number of nitrogens with one attached hydrogen (secondary N) is 1. The first kappa shape index (κ1) is 20.4. The molecule has 7 nitrogen and oxygen atoms in total. The lowest BCUT2D eigenvalue weighted by Gasteiger charge is -2.12. The number of methoxy groups -OCH3 is 1. The zero-order valence-corrected chi connectivity index (χ0v) is 17.5. The summed E-state index contributed by atoms with van der Waals surface area (Å²) in [5.74, 6) is 0.460. The second kappa shape index (κ2) is 8.49. The number of hydrogen-bond acceptors (Lipinski definition) is 6. The number of aromatic hydroxyl groups is 1. The quantitative estimate of drug-likeness (QED) is 0.487. The van der Waals surface area contributed by atoms with E-state index in [1.165, 1.54) is 13.2 Å². The number of aromatic nitrogens is 2. The van der Waals surface area contributed by atoms with Crippen molar-refractivity contribution in [3.8, 4) is 39.8 Å². The Labute approximate surface area is 179 Å². The van der Waals surface area contributed by atoms with Gasteiger partial charge in [0.25, 0.3) is 0 Å². The second-order valence-electron chi connectivity index (χ2n) is 7.30. The fourth-order valence-electron chi connectivity index (χ4n) is 3.31. The van der Waals surface area contributed by atoms with Gasteiger partial charge in [0, 0.05) is 44.1 Å². The summed E-state index contributed by atoms with van der Waals surface area (Å²) in [5.41, 5.74) is 3.20. The minimum absolute atomic E-state index is 0.0297. The number of nitrogens with zero attached hydrogens (tertiary/aromatic N) is 2. The number of benzene rings is 2. The molecule has 0 atom stereocenters. The van der Waals surface area contributed by atoms with Gasteiger partial charge in [0.1, 0.15) is 29.6 Å². The van der Waals surface area contributed by atoms with Gasteiger partial charge in [0.15, 0.2) is 5.76 Å². The molecule has 31 heavy (non-hydrogen) atoms. The van der Waals surface area contributed by atoms with Crippen LogP contribution in [0, 0.1) is 0 Å². The number of aromatic amines is 1. The third-order valence-electron chi connectivity index (χ3n) is 4.90. The molecule has 0 aliphatic heterocycles. The largest absolute Gasteiger partial charge is 0.501 e. The lowest BCUT2D eigenvalue weighted by Crippen LogP contribution is -2.07. The molecular formula is C24H23N3O4. The third kappa shape index (κ3) is 4.08. The summed E-state index contributed by atoms with van der Waals surface area (Å²) in [6.07, 6.45) is 0. The molecule has 0 fully saturated rings. The number of rotatable bonds is 6. The van der Waals surface area contributed by atoms with Crippen LogP contribution >= 0.6 is 0 Å². The van der Waals surface area contributed by atoms with Crippen molar-refractivity contribution in [1.82, 2.24) is 9.97 Å². The standard InChI is InChI=1S/C24H23N3O4/c1-27(2)17-11-9-16(10-12-17)24-25-20(15-7-5-4-6-8-15)21(26-24)23-22(29)19(28)13-18(31-23)14-30-3/h4-13,29H,14H2,1-3H3,(H,25,26). The normalized spacial score (nSPS) is 10.9. The van der Waals surface area contributed by atoms with Gasteiger partial charge in [0.05, 0.1) is 0 Å². The number of hydrogen-bond donors (Lipinski definition) is 2. The van der Waals surface area contributed by atoms with E-state index in [0.717, 1.165) is 16.8 Å². The summed E-state index contributed by atoms with van der Waals surface area (Å²) in [5, 5.41) is 10.5. The summed E-state index contributed by atoms with van der Waals surface area (Å²) in [4.78, 5) is 22.4. The predicted octanol–water partition coefficient (Wildman–Crippen LogP) is 4.28.